The summed E-state index contributed by atoms with van der Waals surface area (Å²) < 4.78 is 54.4. The largest absolute Gasteiger partial charge is 0.479 e. The lowest BCUT2D eigenvalue weighted by atomic mass is 9.98. The third-order valence-corrected chi connectivity index (χ3v) is 10.6. The van der Waals surface area contributed by atoms with Gasteiger partial charge < -0.3 is 34.8 Å². The fourth-order valence-electron chi connectivity index (χ4n) is 5.77. The SMILES string of the molecule is CCN(CC)CCN(Cc1ccc(-c2ccc(C(F)(F)F)cc2)nc1)C(=O)Cn1cc(C(C)c2cn[nH]c2)c(=O)nc1SCc1ccc(F)cc1.O=C(O)C(O)C(O)C(=O)O. The minimum Gasteiger partial charge on any atom is -0.479 e. The average molecular weight is 872 g/mol. The molecule has 5 rings (SSSR count). The normalized spacial score (nSPS) is 12.9. The van der Waals surface area contributed by atoms with Crippen molar-refractivity contribution in [3.05, 3.63) is 129 Å². The van der Waals surface area contributed by atoms with Gasteiger partial charge >= 0.3 is 18.1 Å². The number of aromatic nitrogens is 5. The number of hydrogen-bond acceptors (Lipinski definition) is 11. The Balaban J connectivity index is 0.000000727. The smallest absolute Gasteiger partial charge is 0.416 e. The maximum absolute atomic E-state index is 14.2. The van der Waals surface area contributed by atoms with E-state index in [1.54, 1.807) is 52.5 Å². The highest BCUT2D eigenvalue weighted by molar-refractivity contribution is 7.98. The van der Waals surface area contributed by atoms with Crippen LogP contribution < -0.4 is 5.56 Å². The van der Waals surface area contributed by atoms with Gasteiger partial charge in [0, 0.05) is 61.0 Å². The van der Waals surface area contributed by atoms with Crippen LogP contribution in [0.4, 0.5) is 17.6 Å². The van der Waals surface area contributed by atoms with Gasteiger partial charge in [0.2, 0.25) is 5.91 Å². The molecule has 15 nitrogen and oxygen atoms in total. The molecule has 0 bridgehead atoms. The number of pyridine rings is 1. The minimum absolute atomic E-state index is 0.0978. The Labute approximate surface area is 351 Å². The van der Waals surface area contributed by atoms with Crippen LogP contribution in [0.2, 0.25) is 0 Å². The second-order valence-corrected chi connectivity index (χ2v) is 14.6. The Morgan fingerprint density at radius 1 is 0.885 bits per heavy atom. The molecular formula is C41H45F4N7O8S. The van der Waals surface area contributed by atoms with E-state index in [4.69, 9.17) is 20.4 Å². The van der Waals surface area contributed by atoms with Crippen molar-refractivity contribution in [2.45, 2.75) is 69.1 Å². The Morgan fingerprint density at radius 3 is 2.03 bits per heavy atom. The van der Waals surface area contributed by atoms with Crippen LogP contribution in [0.15, 0.2) is 95.4 Å². The number of aliphatic hydroxyl groups is 2. The highest BCUT2D eigenvalue weighted by atomic mass is 32.2. The number of aliphatic hydroxyl groups excluding tert-OH is 2. The first-order valence-electron chi connectivity index (χ1n) is 18.8. The molecule has 3 aromatic heterocycles. The van der Waals surface area contributed by atoms with E-state index in [2.05, 4.69) is 38.9 Å². The van der Waals surface area contributed by atoms with Crippen LogP contribution in [-0.4, -0.2) is 111 Å². The maximum Gasteiger partial charge on any atom is 0.416 e. The third-order valence-electron chi connectivity index (χ3n) is 9.50. The van der Waals surface area contributed by atoms with Gasteiger partial charge in [0.1, 0.15) is 12.4 Å². The molecule has 61 heavy (non-hydrogen) atoms. The van der Waals surface area contributed by atoms with Gasteiger partial charge in [-0.25, -0.2) is 14.0 Å². The number of halogens is 4. The Kier molecular flexibility index (Phi) is 17.2. The number of carboxylic acids is 2. The molecule has 3 unspecified atom stereocenters. The van der Waals surface area contributed by atoms with Crippen molar-refractivity contribution in [3.8, 4) is 11.3 Å². The van der Waals surface area contributed by atoms with Crippen molar-refractivity contribution in [3.63, 3.8) is 0 Å². The van der Waals surface area contributed by atoms with Crippen LogP contribution in [0, 0.1) is 5.82 Å². The van der Waals surface area contributed by atoms with Crippen LogP contribution >= 0.6 is 11.8 Å². The number of thioether (sulfide) groups is 1. The number of rotatable bonds is 18. The molecule has 0 spiro atoms. The Hall–Kier alpha value is -5.96. The number of likely N-dealkylation sites (N-methyl/N-ethyl adjacent to an activating group) is 1. The average Bonchev–Trinajstić information content (AvgIpc) is 3.79. The summed E-state index contributed by atoms with van der Waals surface area (Å²) in [6, 6.07) is 14.4. The van der Waals surface area contributed by atoms with E-state index >= 15 is 0 Å². The molecular weight excluding hydrogens is 827 g/mol. The fourth-order valence-corrected chi connectivity index (χ4v) is 6.69. The second-order valence-electron chi connectivity index (χ2n) is 13.6. The molecule has 20 heteroatoms. The number of aliphatic carboxylic acids is 2. The van der Waals surface area contributed by atoms with Gasteiger partial charge in [-0.15, -0.1) is 0 Å². The molecule has 0 saturated carbocycles. The number of nitrogens with zero attached hydrogens (tertiary/aromatic N) is 6. The lowest BCUT2D eigenvalue weighted by Gasteiger charge is -2.27. The first-order valence-corrected chi connectivity index (χ1v) is 19.8. The molecule has 2 aromatic carbocycles. The molecule has 0 aliphatic rings. The molecule has 0 saturated heterocycles. The Bertz CT molecular complexity index is 2240. The van der Waals surface area contributed by atoms with E-state index < -0.39 is 41.4 Å². The van der Waals surface area contributed by atoms with Gasteiger partial charge in [0.15, 0.2) is 17.4 Å². The molecule has 0 aliphatic heterocycles. The van der Waals surface area contributed by atoms with E-state index in [0.717, 1.165) is 41.9 Å². The van der Waals surface area contributed by atoms with Crippen molar-refractivity contribution < 1.29 is 52.4 Å². The quantitative estimate of drug-likeness (QED) is 0.0452. The number of benzene rings is 2. The number of carbonyl (C=O) groups excluding carboxylic acids is 1. The number of H-pyrrole nitrogens is 1. The van der Waals surface area contributed by atoms with Crippen LogP contribution in [0.1, 0.15) is 54.5 Å². The highest BCUT2D eigenvalue weighted by Gasteiger charge is 2.30. The van der Waals surface area contributed by atoms with E-state index in [1.807, 2.05) is 13.0 Å². The van der Waals surface area contributed by atoms with E-state index in [-0.39, 0.29) is 30.7 Å². The summed E-state index contributed by atoms with van der Waals surface area (Å²) in [6.45, 7) is 8.80. The van der Waals surface area contributed by atoms with Crippen molar-refractivity contribution in [2.24, 2.45) is 0 Å². The first-order chi connectivity index (χ1) is 28.9. The van der Waals surface area contributed by atoms with Crippen LogP contribution in [0.3, 0.4) is 0 Å². The number of aromatic amines is 1. The molecule has 3 atom stereocenters. The van der Waals surface area contributed by atoms with Crippen LogP contribution in [0.5, 0.6) is 0 Å². The number of carboxylic acid groups (broad SMARTS) is 2. The maximum atomic E-state index is 14.2. The molecule has 1 amide bonds. The monoisotopic (exact) mass is 871 g/mol. The fraction of sp³-hybridized carbons (Fsp3) is 0.341. The molecule has 0 aliphatic carbocycles. The third kappa shape index (κ3) is 13.8. The van der Waals surface area contributed by atoms with Gasteiger partial charge in [0.05, 0.1) is 17.5 Å². The Morgan fingerprint density at radius 2 is 1.51 bits per heavy atom. The van der Waals surface area contributed by atoms with Crippen molar-refractivity contribution in [1.82, 2.24) is 34.5 Å². The van der Waals surface area contributed by atoms with Gasteiger partial charge in [-0.05, 0) is 60.1 Å². The summed E-state index contributed by atoms with van der Waals surface area (Å²) in [5.74, 6) is -4.03. The zero-order valence-electron chi connectivity index (χ0n) is 33.3. The van der Waals surface area contributed by atoms with Gasteiger partial charge in [-0.3, -0.25) is 19.7 Å². The predicted octanol–water partition coefficient (Wildman–Crippen LogP) is 4.88. The number of alkyl halides is 3. The van der Waals surface area contributed by atoms with Crippen LogP contribution in [0.25, 0.3) is 11.3 Å². The number of nitrogens with one attached hydrogen (secondary N) is 1. The van der Waals surface area contributed by atoms with Gasteiger partial charge in [0.25, 0.3) is 5.56 Å². The summed E-state index contributed by atoms with van der Waals surface area (Å²) in [6.07, 6.45) is -2.30. The molecule has 0 fully saturated rings. The first kappa shape index (κ1) is 47.7. The number of carbonyl (C=O) groups is 3. The van der Waals surface area contributed by atoms with Gasteiger partial charge in [-0.1, -0.05) is 62.9 Å². The van der Waals surface area contributed by atoms with Crippen molar-refractivity contribution >= 4 is 29.6 Å². The second kappa shape index (κ2) is 22.0. The highest BCUT2D eigenvalue weighted by Crippen LogP contribution is 2.31. The predicted molar refractivity (Wildman–Crippen MR) is 216 cm³/mol. The van der Waals surface area contributed by atoms with E-state index in [0.29, 0.717) is 40.8 Å². The van der Waals surface area contributed by atoms with Crippen molar-refractivity contribution in [1.29, 1.82) is 0 Å². The number of hydrogen-bond donors (Lipinski definition) is 5. The summed E-state index contributed by atoms with van der Waals surface area (Å²) in [4.78, 5) is 59.9. The molecule has 326 valence electrons. The molecule has 5 aromatic rings. The molecule has 0 radical (unpaired) electrons. The van der Waals surface area contributed by atoms with Crippen molar-refractivity contribution in [2.75, 3.05) is 26.2 Å². The van der Waals surface area contributed by atoms with E-state index in [9.17, 15) is 36.7 Å². The summed E-state index contributed by atoms with van der Waals surface area (Å²) >= 11 is 1.28. The molecule has 3 heterocycles. The lowest BCUT2D eigenvalue weighted by molar-refractivity contribution is -0.165. The summed E-state index contributed by atoms with van der Waals surface area (Å²) in [5, 5.41) is 39.7. The zero-order chi connectivity index (χ0) is 44.9. The zero-order valence-corrected chi connectivity index (χ0v) is 34.1. The number of amides is 1. The van der Waals surface area contributed by atoms with Gasteiger partial charge in [-0.2, -0.15) is 23.3 Å². The minimum atomic E-state index is -4.43. The lowest BCUT2D eigenvalue weighted by Crippen LogP contribution is -2.40. The topological polar surface area (TPSA) is 215 Å². The summed E-state index contributed by atoms with van der Waals surface area (Å²) in [7, 11) is 0. The summed E-state index contributed by atoms with van der Waals surface area (Å²) in [5.41, 5.74) is 2.69. The molecule has 5 N–H and O–H groups in total. The standard InChI is InChI=1S/C37H39F4N7O2S.C4H6O6/c1-4-46(5-2)16-17-47(21-27-8-15-33(42-18-27)28-9-11-30(12-10-28)37(39,40)41)34(49)23-48-22-32(25(3)29-19-43-44-20-29)35(50)45-36(48)51-24-26-6-13-31(38)14-7-26;5-1(3(7)8)2(6)4(9)10/h6-15,18-20,22,25H,4-5,16-17,21,23-24H2,1-3H3,(H,43,44);1-2,5-6H,(H,7,8)(H,9,10). The van der Waals surface area contributed by atoms with E-state index in [1.165, 1.54) is 36.0 Å². The van der Waals surface area contributed by atoms with Crippen LogP contribution in [-0.2, 0) is 39.4 Å².